The van der Waals surface area contributed by atoms with E-state index in [-0.39, 0.29) is 0 Å². The number of rotatable bonds is 9. The number of aromatic nitrogens is 5. The average molecular weight is 278 g/mol. The van der Waals surface area contributed by atoms with Crippen LogP contribution in [0, 0.1) is 0 Å². The quantitative estimate of drug-likeness (QED) is 0.695. The molecule has 0 spiro atoms. The second-order valence-electron chi connectivity index (χ2n) is 4.53. The molecule has 110 valence electrons. The molecule has 1 N–H and O–H groups in total. The molecule has 0 aliphatic carbocycles. The summed E-state index contributed by atoms with van der Waals surface area (Å²) in [5, 5.41) is 15.6. The van der Waals surface area contributed by atoms with E-state index in [1.807, 2.05) is 24.0 Å². The first-order valence-electron chi connectivity index (χ1n) is 7.06. The summed E-state index contributed by atoms with van der Waals surface area (Å²) in [5.74, 6) is 0.789. The number of aryl methyl sites for hydroxylation is 1. The highest BCUT2D eigenvalue weighted by atomic mass is 16.5. The average Bonchev–Trinajstić information content (AvgIpc) is 3.09. The van der Waals surface area contributed by atoms with E-state index in [1.165, 1.54) is 0 Å². The lowest BCUT2D eigenvalue weighted by atomic mass is 10.4. The molecule has 0 atom stereocenters. The summed E-state index contributed by atoms with van der Waals surface area (Å²) in [7, 11) is 0. The van der Waals surface area contributed by atoms with Crippen molar-refractivity contribution in [3.05, 3.63) is 24.3 Å². The van der Waals surface area contributed by atoms with Crippen molar-refractivity contribution in [2.45, 2.75) is 39.9 Å². The zero-order chi connectivity index (χ0) is 14.2. The summed E-state index contributed by atoms with van der Waals surface area (Å²) in [6, 6.07) is 0. The van der Waals surface area contributed by atoms with Crippen molar-refractivity contribution in [2.24, 2.45) is 0 Å². The Labute approximate surface area is 118 Å². The Bertz CT molecular complexity index is 506. The van der Waals surface area contributed by atoms with Gasteiger partial charge in [0.1, 0.15) is 6.61 Å². The molecular weight excluding hydrogens is 256 g/mol. The van der Waals surface area contributed by atoms with Gasteiger partial charge in [0.05, 0.1) is 24.6 Å². The van der Waals surface area contributed by atoms with Gasteiger partial charge < -0.3 is 10.1 Å². The molecule has 0 fully saturated rings. The monoisotopic (exact) mass is 278 g/mol. The van der Waals surface area contributed by atoms with Gasteiger partial charge in [-0.15, -0.1) is 5.10 Å². The van der Waals surface area contributed by atoms with Gasteiger partial charge in [0.25, 0.3) is 0 Å². The van der Waals surface area contributed by atoms with Crippen LogP contribution in [-0.2, 0) is 19.6 Å². The summed E-state index contributed by atoms with van der Waals surface area (Å²) in [6.45, 7) is 8.02. The molecule has 2 heterocycles. The van der Waals surface area contributed by atoms with Gasteiger partial charge in [-0.3, -0.25) is 4.68 Å². The lowest BCUT2D eigenvalue weighted by molar-refractivity contribution is 0.289. The van der Waals surface area contributed by atoms with Crippen LogP contribution in [0.4, 0.5) is 0 Å². The Morgan fingerprint density at radius 1 is 1.25 bits per heavy atom. The van der Waals surface area contributed by atoms with Crippen LogP contribution in [-0.4, -0.2) is 37.9 Å². The zero-order valence-electron chi connectivity index (χ0n) is 12.1. The lowest BCUT2D eigenvalue weighted by Gasteiger charge is -2.02. The Morgan fingerprint density at radius 2 is 2.15 bits per heavy atom. The lowest BCUT2D eigenvalue weighted by Crippen LogP contribution is -2.14. The van der Waals surface area contributed by atoms with Crippen LogP contribution in [0.25, 0.3) is 0 Å². The molecule has 0 aliphatic heterocycles. The second kappa shape index (κ2) is 7.64. The van der Waals surface area contributed by atoms with Gasteiger partial charge in [-0.25, -0.2) is 4.68 Å². The van der Waals surface area contributed by atoms with Gasteiger partial charge in [-0.1, -0.05) is 12.1 Å². The van der Waals surface area contributed by atoms with Crippen molar-refractivity contribution in [1.82, 2.24) is 30.1 Å². The molecule has 0 amide bonds. The highest BCUT2D eigenvalue weighted by Gasteiger charge is 2.02. The van der Waals surface area contributed by atoms with Crippen molar-refractivity contribution in [1.29, 1.82) is 0 Å². The number of nitrogens with one attached hydrogen (secondary N) is 1. The number of hydrogen-bond acceptors (Lipinski definition) is 5. The topological polar surface area (TPSA) is 69.8 Å². The summed E-state index contributed by atoms with van der Waals surface area (Å²) in [4.78, 5) is 0. The predicted octanol–water partition coefficient (Wildman–Crippen LogP) is 1.07. The molecule has 7 heteroatoms. The van der Waals surface area contributed by atoms with Crippen LogP contribution in [0.15, 0.2) is 18.6 Å². The molecule has 20 heavy (non-hydrogen) atoms. The third-order valence-corrected chi connectivity index (χ3v) is 2.84. The minimum Gasteiger partial charge on any atom is -0.488 e. The molecule has 2 aromatic heterocycles. The molecule has 0 radical (unpaired) electrons. The first-order chi connectivity index (χ1) is 9.81. The number of ether oxygens (including phenoxy) is 1. The fraction of sp³-hybridized carbons (Fsp3) is 0.615. The smallest absolute Gasteiger partial charge is 0.157 e. The predicted molar refractivity (Wildman–Crippen MR) is 75.4 cm³/mol. The van der Waals surface area contributed by atoms with Crippen LogP contribution in [0.2, 0.25) is 0 Å². The standard InChI is InChI=1S/C13H22N6O/c1-3-5-14-8-12-10-19(17-16-12)6-7-20-13-9-15-18(4-2)11-13/h9-11,14H,3-8H2,1-2H3. The SMILES string of the molecule is CCCNCc1cn(CCOc2cnn(CC)c2)nn1. The first-order valence-corrected chi connectivity index (χ1v) is 7.06. The third-order valence-electron chi connectivity index (χ3n) is 2.84. The van der Waals surface area contributed by atoms with E-state index in [9.17, 15) is 0 Å². The van der Waals surface area contributed by atoms with Crippen LogP contribution in [0.1, 0.15) is 26.0 Å². The minimum absolute atomic E-state index is 0.556. The fourth-order valence-corrected chi connectivity index (χ4v) is 1.77. The van der Waals surface area contributed by atoms with E-state index in [2.05, 4.69) is 27.7 Å². The van der Waals surface area contributed by atoms with Crippen LogP contribution >= 0.6 is 0 Å². The highest BCUT2D eigenvalue weighted by molar-refractivity contribution is 5.11. The molecule has 0 bridgehead atoms. The van der Waals surface area contributed by atoms with Crippen LogP contribution in [0.3, 0.4) is 0 Å². The van der Waals surface area contributed by atoms with Crippen molar-refractivity contribution in [3.8, 4) is 5.75 Å². The molecule has 0 aliphatic rings. The maximum atomic E-state index is 5.61. The number of hydrogen-bond donors (Lipinski definition) is 1. The first kappa shape index (κ1) is 14.5. The van der Waals surface area contributed by atoms with Crippen LogP contribution in [0.5, 0.6) is 5.75 Å². The number of nitrogens with zero attached hydrogens (tertiary/aromatic N) is 5. The Morgan fingerprint density at radius 3 is 2.90 bits per heavy atom. The van der Waals surface area contributed by atoms with E-state index in [4.69, 9.17) is 4.74 Å². The molecule has 0 saturated heterocycles. The molecule has 0 saturated carbocycles. The van der Waals surface area contributed by atoms with Gasteiger partial charge in [-0.2, -0.15) is 5.10 Å². The second-order valence-corrected chi connectivity index (χ2v) is 4.53. The Kier molecular flexibility index (Phi) is 5.55. The summed E-state index contributed by atoms with van der Waals surface area (Å²) in [6.07, 6.45) is 6.68. The van der Waals surface area contributed by atoms with E-state index in [0.717, 1.165) is 37.5 Å². The van der Waals surface area contributed by atoms with Gasteiger partial charge in [-0.05, 0) is 19.9 Å². The van der Waals surface area contributed by atoms with Crippen LogP contribution < -0.4 is 10.1 Å². The molecule has 0 aromatic carbocycles. The molecule has 7 nitrogen and oxygen atoms in total. The van der Waals surface area contributed by atoms with Gasteiger partial charge in [0.2, 0.25) is 0 Å². The highest BCUT2D eigenvalue weighted by Crippen LogP contribution is 2.07. The normalized spacial score (nSPS) is 10.9. The van der Waals surface area contributed by atoms with Crippen molar-refractivity contribution < 1.29 is 4.74 Å². The maximum Gasteiger partial charge on any atom is 0.157 e. The summed E-state index contributed by atoms with van der Waals surface area (Å²) < 4.78 is 9.25. The molecule has 0 unspecified atom stereocenters. The Hall–Kier alpha value is -1.89. The maximum absolute atomic E-state index is 5.61. The minimum atomic E-state index is 0.556. The van der Waals surface area contributed by atoms with Gasteiger partial charge in [0.15, 0.2) is 5.75 Å². The molecule has 2 aromatic rings. The Balaban J connectivity index is 1.71. The van der Waals surface area contributed by atoms with E-state index in [0.29, 0.717) is 13.2 Å². The fourth-order valence-electron chi connectivity index (χ4n) is 1.77. The van der Waals surface area contributed by atoms with Gasteiger partial charge in [0, 0.05) is 19.3 Å². The van der Waals surface area contributed by atoms with E-state index < -0.39 is 0 Å². The van der Waals surface area contributed by atoms with Crippen molar-refractivity contribution in [3.63, 3.8) is 0 Å². The van der Waals surface area contributed by atoms with E-state index >= 15 is 0 Å². The third kappa shape index (κ3) is 4.34. The molecular formula is C13H22N6O. The summed E-state index contributed by atoms with van der Waals surface area (Å²) in [5.41, 5.74) is 0.956. The van der Waals surface area contributed by atoms with Gasteiger partial charge >= 0.3 is 0 Å². The van der Waals surface area contributed by atoms with Crippen molar-refractivity contribution >= 4 is 0 Å². The van der Waals surface area contributed by atoms with E-state index in [1.54, 1.807) is 10.9 Å². The molecule has 2 rings (SSSR count). The summed E-state index contributed by atoms with van der Waals surface area (Å²) >= 11 is 0. The van der Waals surface area contributed by atoms with Crippen molar-refractivity contribution in [2.75, 3.05) is 13.2 Å². The largest absolute Gasteiger partial charge is 0.488 e. The zero-order valence-corrected chi connectivity index (χ0v) is 12.1.